The van der Waals surface area contributed by atoms with Crippen LogP contribution in [-0.4, -0.2) is 11.3 Å². The van der Waals surface area contributed by atoms with Crippen molar-refractivity contribution in [3.8, 4) is 0 Å². The Morgan fingerprint density at radius 2 is 1.65 bits per heavy atom. The maximum Gasteiger partial charge on any atom is 0.00747 e. The number of hydrogen-bond donors (Lipinski definition) is 1. The molecule has 1 aromatic carbocycles. The smallest absolute Gasteiger partial charge is 0.00747 e. The van der Waals surface area contributed by atoms with Gasteiger partial charge in [-0.15, -0.1) is 11.8 Å². The van der Waals surface area contributed by atoms with Gasteiger partial charge in [0.25, 0.3) is 0 Å². The molecule has 0 atom stereocenters. The summed E-state index contributed by atoms with van der Waals surface area (Å²) in [6.45, 7) is 4.47. The summed E-state index contributed by atoms with van der Waals surface area (Å²) in [5.74, 6) is 0.743. The second kappa shape index (κ2) is 5.92. The Hall–Kier alpha value is -0.470. The van der Waals surface area contributed by atoms with Crippen LogP contribution in [0.2, 0.25) is 0 Å². The molecule has 2 heteroatoms. The lowest BCUT2D eigenvalue weighted by Crippen LogP contribution is -2.25. The van der Waals surface area contributed by atoms with E-state index < -0.39 is 0 Å². The molecule has 0 saturated heterocycles. The largest absolute Gasteiger partial charge is 0.328 e. The molecule has 1 aliphatic carbocycles. The van der Waals surface area contributed by atoms with Crippen LogP contribution >= 0.6 is 11.8 Å². The molecule has 1 aliphatic rings. The topological polar surface area (TPSA) is 26.0 Å². The van der Waals surface area contributed by atoms with E-state index in [1.165, 1.54) is 36.1 Å². The highest BCUT2D eigenvalue weighted by Gasteiger charge is 2.19. The summed E-state index contributed by atoms with van der Waals surface area (Å²) >= 11 is 1.93. The Kier molecular flexibility index (Phi) is 4.52. The summed E-state index contributed by atoms with van der Waals surface area (Å²) in [5.41, 5.74) is 7.46. The first-order valence-corrected chi connectivity index (χ1v) is 7.55. The molecule has 0 amide bonds. The molecule has 94 valence electrons. The summed E-state index contributed by atoms with van der Waals surface area (Å²) in [6.07, 6.45) is 4.90. The van der Waals surface area contributed by atoms with Crippen molar-refractivity contribution in [2.75, 3.05) is 0 Å². The second-order valence-corrected chi connectivity index (χ2v) is 7.00. The Bertz CT molecular complexity index is 336. The first-order valence-electron chi connectivity index (χ1n) is 6.67. The van der Waals surface area contributed by atoms with Crippen molar-refractivity contribution in [2.24, 2.45) is 5.73 Å². The van der Waals surface area contributed by atoms with Gasteiger partial charge in [-0.25, -0.2) is 0 Å². The molecule has 1 fully saturated rings. The van der Waals surface area contributed by atoms with E-state index in [-0.39, 0.29) is 0 Å². The number of hydrogen-bond acceptors (Lipinski definition) is 2. The van der Waals surface area contributed by atoms with Gasteiger partial charge in [-0.05, 0) is 49.3 Å². The molecule has 0 heterocycles. The zero-order valence-corrected chi connectivity index (χ0v) is 11.7. The van der Waals surface area contributed by atoms with Gasteiger partial charge in [-0.1, -0.05) is 26.0 Å². The lowest BCUT2D eigenvalue weighted by molar-refractivity contribution is 0.395. The van der Waals surface area contributed by atoms with E-state index in [0.717, 1.165) is 5.92 Å². The number of rotatable bonds is 3. The number of nitrogens with two attached hydrogens (primary N) is 1. The van der Waals surface area contributed by atoms with E-state index in [4.69, 9.17) is 5.73 Å². The molecule has 0 aliphatic heterocycles. The monoisotopic (exact) mass is 249 g/mol. The molecule has 0 bridgehead atoms. The molecule has 1 aromatic rings. The SMILES string of the molecule is CC(C)Sc1ccc(C2CCC(N)CC2)cc1. The van der Waals surface area contributed by atoms with Gasteiger partial charge in [0.1, 0.15) is 0 Å². The lowest BCUT2D eigenvalue weighted by Gasteiger charge is -2.26. The molecular formula is C15H23NS. The third kappa shape index (κ3) is 3.75. The fourth-order valence-electron chi connectivity index (χ4n) is 2.54. The zero-order chi connectivity index (χ0) is 12.3. The van der Waals surface area contributed by atoms with Crippen LogP contribution in [0.3, 0.4) is 0 Å². The average molecular weight is 249 g/mol. The van der Waals surface area contributed by atoms with Gasteiger partial charge in [0.05, 0.1) is 0 Å². The molecule has 0 aromatic heterocycles. The first kappa shape index (κ1) is 13.0. The molecule has 0 radical (unpaired) electrons. The Morgan fingerprint density at radius 3 is 2.18 bits per heavy atom. The standard InChI is InChI=1S/C15H23NS/c1-11(2)17-15-9-5-13(6-10-15)12-3-7-14(16)8-4-12/h5-6,9-12,14H,3-4,7-8,16H2,1-2H3. The van der Waals surface area contributed by atoms with Crippen molar-refractivity contribution in [1.82, 2.24) is 0 Å². The Balaban J connectivity index is 1.97. The molecule has 0 unspecified atom stereocenters. The summed E-state index contributed by atoms with van der Waals surface area (Å²) in [5, 5.41) is 0.661. The third-order valence-corrected chi connectivity index (χ3v) is 4.51. The van der Waals surface area contributed by atoms with Crippen LogP contribution in [0, 0.1) is 0 Å². The van der Waals surface area contributed by atoms with Crippen molar-refractivity contribution < 1.29 is 0 Å². The van der Waals surface area contributed by atoms with E-state index in [0.29, 0.717) is 11.3 Å². The van der Waals surface area contributed by atoms with Crippen molar-refractivity contribution in [2.45, 2.75) is 61.6 Å². The minimum Gasteiger partial charge on any atom is -0.328 e. The minimum atomic E-state index is 0.446. The van der Waals surface area contributed by atoms with Gasteiger partial charge < -0.3 is 5.73 Å². The maximum absolute atomic E-state index is 5.95. The van der Waals surface area contributed by atoms with E-state index in [2.05, 4.69) is 38.1 Å². The van der Waals surface area contributed by atoms with Gasteiger partial charge >= 0.3 is 0 Å². The summed E-state index contributed by atoms with van der Waals surface area (Å²) < 4.78 is 0. The summed E-state index contributed by atoms with van der Waals surface area (Å²) in [6, 6.07) is 9.61. The average Bonchev–Trinajstić information content (AvgIpc) is 2.30. The minimum absolute atomic E-state index is 0.446. The van der Waals surface area contributed by atoms with E-state index in [1.54, 1.807) is 0 Å². The van der Waals surface area contributed by atoms with Crippen LogP contribution in [0.1, 0.15) is 51.0 Å². The van der Waals surface area contributed by atoms with Gasteiger partial charge in [-0.2, -0.15) is 0 Å². The van der Waals surface area contributed by atoms with Crippen LogP contribution in [0.25, 0.3) is 0 Å². The molecule has 2 rings (SSSR count). The molecule has 17 heavy (non-hydrogen) atoms. The molecule has 1 nitrogen and oxygen atoms in total. The fraction of sp³-hybridized carbons (Fsp3) is 0.600. The van der Waals surface area contributed by atoms with Crippen LogP contribution in [-0.2, 0) is 0 Å². The summed E-state index contributed by atoms with van der Waals surface area (Å²) in [7, 11) is 0. The quantitative estimate of drug-likeness (QED) is 0.814. The summed E-state index contributed by atoms with van der Waals surface area (Å²) in [4.78, 5) is 1.39. The predicted molar refractivity (Wildman–Crippen MR) is 76.6 cm³/mol. The highest BCUT2D eigenvalue weighted by atomic mass is 32.2. The molecule has 2 N–H and O–H groups in total. The maximum atomic E-state index is 5.95. The van der Waals surface area contributed by atoms with E-state index in [9.17, 15) is 0 Å². The molecule has 1 saturated carbocycles. The van der Waals surface area contributed by atoms with Crippen LogP contribution in [0.4, 0.5) is 0 Å². The van der Waals surface area contributed by atoms with Crippen LogP contribution < -0.4 is 5.73 Å². The van der Waals surface area contributed by atoms with Gasteiger partial charge in [0, 0.05) is 16.2 Å². The zero-order valence-electron chi connectivity index (χ0n) is 10.9. The van der Waals surface area contributed by atoms with Crippen molar-refractivity contribution in [1.29, 1.82) is 0 Å². The molecular weight excluding hydrogens is 226 g/mol. The highest BCUT2D eigenvalue weighted by Crippen LogP contribution is 2.33. The Labute approximate surface area is 109 Å². The number of benzene rings is 1. The van der Waals surface area contributed by atoms with E-state index >= 15 is 0 Å². The highest BCUT2D eigenvalue weighted by molar-refractivity contribution is 7.99. The molecule has 0 spiro atoms. The predicted octanol–water partition coefficient (Wildman–Crippen LogP) is 4.17. The van der Waals surface area contributed by atoms with Crippen molar-refractivity contribution >= 4 is 11.8 Å². The first-order chi connectivity index (χ1) is 8.15. The van der Waals surface area contributed by atoms with Crippen LogP contribution in [0.5, 0.6) is 0 Å². The van der Waals surface area contributed by atoms with Gasteiger partial charge in [0.15, 0.2) is 0 Å². The van der Waals surface area contributed by atoms with E-state index in [1.807, 2.05) is 11.8 Å². The van der Waals surface area contributed by atoms with Crippen molar-refractivity contribution in [3.63, 3.8) is 0 Å². The van der Waals surface area contributed by atoms with Crippen molar-refractivity contribution in [3.05, 3.63) is 29.8 Å². The van der Waals surface area contributed by atoms with Crippen LogP contribution in [0.15, 0.2) is 29.2 Å². The van der Waals surface area contributed by atoms with Gasteiger partial charge in [0.2, 0.25) is 0 Å². The third-order valence-electron chi connectivity index (χ3n) is 3.50. The fourth-order valence-corrected chi connectivity index (χ4v) is 3.38. The lowest BCUT2D eigenvalue weighted by atomic mass is 9.82. The number of thioether (sulfide) groups is 1. The van der Waals surface area contributed by atoms with Gasteiger partial charge in [-0.3, -0.25) is 0 Å². The Morgan fingerprint density at radius 1 is 1.06 bits per heavy atom. The second-order valence-electron chi connectivity index (χ2n) is 5.35. The normalized spacial score (nSPS) is 25.2.